The van der Waals surface area contributed by atoms with E-state index < -0.39 is 12.0 Å². The number of thioether (sulfide) groups is 1. The maximum absolute atomic E-state index is 12.5. The third-order valence-electron chi connectivity index (χ3n) is 3.47. The van der Waals surface area contributed by atoms with Crippen LogP contribution >= 0.6 is 11.8 Å². The van der Waals surface area contributed by atoms with Crippen molar-refractivity contribution in [3.63, 3.8) is 0 Å². The first-order valence-electron chi connectivity index (χ1n) is 6.96. The summed E-state index contributed by atoms with van der Waals surface area (Å²) in [4.78, 5) is 25.3. The Bertz CT molecular complexity index is 534. The number of amides is 1. The van der Waals surface area contributed by atoms with Gasteiger partial charge in [0, 0.05) is 5.75 Å². The van der Waals surface area contributed by atoms with Crippen LogP contribution in [0.4, 0.5) is 0 Å². The average Bonchev–Trinajstić information content (AvgIpc) is 2.83. The van der Waals surface area contributed by atoms with Crippen molar-refractivity contribution in [2.75, 3.05) is 5.75 Å². The van der Waals surface area contributed by atoms with Crippen LogP contribution in [0.5, 0.6) is 5.75 Å². The number of rotatable bonds is 5. The van der Waals surface area contributed by atoms with Crippen molar-refractivity contribution in [2.45, 2.75) is 37.6 Å². The van der Waals surface area contributed by atoms with Gasteiger partial charge in [-0.1, -0.05) is 25.5 Å². The number of hydrogen-bond donors (Lipinski definition) is 2. The minimum atomic E-state index is -0.953. The fourth-order valence-corrected chi connectivity index (χ4v) is 4.02. The molecule has 1 heterocycles. The second-order valence-corrected chi connectivity index (χ2v) is 6.29. The summed E-state index contributed by atoms with van der Waals surface area (Å²) in [6.07, 6.45) is 1.80. The van der Waals surface area contributed by atoms with Crippen LogP contribution in [0.15, 0.2) is 24.3 Å². The van der Waals surface area contributed by atoms with E-state index in [1.165, 1.54) is 22.7 Å². The molecule has 2 rings (SSSR count). The molecule has 1 saturated heterocycles. The van der Waals surface area contributed by atoms with Gasteiger partial charge < -0.3 is 15.1 Å². The van der Waals surface area contributed by atoms with Gasteiger partial charge >= 0.3 is 5.97 Å². The van der Waals surface area contributed by atoms with Crippen molar-refractivity contribution in [2.24, 2.45) is 0 Å². The number of phenols is 1. The highest BCUT2D eigenvalue weighted by atomic mass is 32.2. The quantitative estimate of drug-likeness (QED) is 0.871. The van der Waals surface area contributed by atoms with Crippen LogP contribution < -0.4 is 0 Å². The normalized spacial score (nSPS) is 21.5. The Balaban J connectivity index is 2.14. The number of carbonyl (C=O) groups is 2. The summed E-state index contributed by atoms with van der Waals surface area (Å²) in [5.74, 6) is -0.607. The van der Waals surface area contributed by atoms with Gasteiger partial charge in [0.25, 0.3) is 0 Å². The molecule has 114 valence electrons. The molecule has 2 atom stereocenters. The topological polar surface area (TPSA) is 77.8 Å². The highest BCUT2D eigenvalue weighted by molar-refractivity contribution is 8.00. The standard InChI is InChI=1S/C15H19NO4S/c1-2-4-14-16(12(9-21-14)15(19)20)13(18)8-10-5-3-6-11(17)7-10/h3,5-7,12,14,17H,2,4,8-9H2,1H3,(H,19,20). The summed E-state index contributed by atoms with van der Waals surface area (Å²) in [5, 5.41) is 18.7. The van der Waals surface area contributed by atoms with Gasteiger partial charge in [-0.3, -0.25) is 4.79 Å². The van der Waals surface area contributed by atoms with Gasteiger partial charge in [-0.2, -0.15) is 0 Å². The van der Waals surface area contributed by atoms with E-state index in [0.717, 1.165) is 12.8 Å². The molecule has 1 aromatic rings. The molecule has 0 radical (unpaired) electrons. The maximum atomic E-state index is 12.5. The molecular weight excluding hydrogens is 290 g/mol. The first-order valence-corrected chi connectivity index (χ1v) is 8.01. The number of phenolic OH excluding ortho intramolecular Hbond substituents is 1. The SMILES string of the molecule is CCCC1SCC(C(=O)O)N1C(=O)Cc1cccc(O)c1. The van der Waals surface area contributed by atoms with Crippen molar-refractivity contribution < 1.29 is 19.8 Å². The lowest BCUT2D eigenvalue weighted by Gasteiger charge is -2.27. The summed E-state index contributed by atoms with van der Waals surface area (Å²) in [6, 6.07) is 5.75. The van der Waals surface area contributed by atoms with E-state index in [9.17, 15) is 19.8 Å². The summed E-state index contributed by atoms with van der Waals surface area (Å²) in [7, 11) is 0. The van der Waals surface area contributed by atoms with Crippen LogP contribution in [0.1, 0.15) is 25.3 Å². The van der Waals surface area contributed by atoms with E-state index in [1.807, 2.05) is 6.92 Å². The van der Waals surface area contributed by atoms with Gasteiger partial charge in [-0.05, 0) is 24.1 Å². The number of nitrogens with zero attached hydrogens (tertiary/aromatic N) is 1. The first-order chi connectivity index (χ1) is 10.0. The van der Waals surface area contributed by atoms with Crippen LogP contribution in [-0.2, 0) is 16.0 Å². The van der Waals surface area contributed by atoms with Crippen LogP contribution in [-0.4, -0.2) is 44.2 Å². The summed E-state index contributed by atoms with van der Waals surface area (Å²) < 4.78 is 0. The van der Waals surface area contributed by atoms with Crippen molar-refractivity contribution in [1.82, 2.24) is 4.90 Å². The number of benzene rings is 1. The Kier molecular flexibility index (Phi) is 5.12. The van der Waals surface area contributed by atoms with Crippen molar-refractivity contribution in [1.29, 1.82) is 0 Å². The second-order valence-electron chi connectivity index (χ2n) is 5.08. The smallest absolute Gasteiger partial charge is 0.327 e. The fourth-order valence-electron chi connectivity index (χ4n) is 2.49. The van der Waals surface area contributed by atoms with Crippen LogP contribution in [0.25, 0.3) is 0 Å². The molecule has 0 aromatic heterocycles. The Morgan fingerprint density at radius 1 is 1.43 bits per heavy atom. The van der Waals surface area contributed by atoms with Crippen LogP contribution in [0.2, 0.25) is 0 Å². The predicted octanol–water partition coefficient (Wildman–Crippen LogP) is 2.09. The van der Waals surface area contributed by atoms with Crippen LogP contribution in [0, 0.1) is 0 Å². The van der Waals surface area contributed by atoms with Crippen LogP contribution in [0.3, 0.4) is 0 Å². The molecular formula is C15H19NO4S. The lowest BCUT2D eigenvalue weighted by atomic mass is 10.1. The van der Waals surface area contributed by atoms with Gasteiger partial charge in [0.05, 0.1) is 11.8 Å². The van der Waals surface area contributed by atoms with E-state index in [1.54, 1.807) is 18.2 Å². The summed E-state index contributed by atoms with van der Waals surface area (Å²) >= 11 is 1.53. The monoisotopic (exact) mass is 309 g/mol. The third kappa shape index (κ3) is 3.69. The third-order valence-corrected chi connectivity index (χ3v) is 4.82. The molecule has 0 saturated carbocycles. The first kappa shape index (κ1) is 15.7. The minimum absolute atomic E-state index is 0.0686. The number of carboxylic acids is 1. The van der Waals surface area contributed by atoms with E-state index in [0.29, 0.717) is 11.3 Å². The second kappa shape index (κ2) is 6.85. The lowest BCUT2D eigenvalue weighted by Crippen LogP contribution is -2.46. The maximum Gasteiger partial charge on any atom is 0.327 e. The van der Waals surface area contributed by atoms with Crippen molar-refractivity contribution in [3.05, 3.63) is 29.8 Å². The number of carbonyl (C=O) groups excluding carboxylic acids is 1. The zero-order chi connectivity index (χ0) is 15.4. The zero-order valence-corrected chi connectivity index (χ0v) is 12.7. The molecule has 0 spiro atoms. The fraction of sp³-hybridized carbons (Fsp3) is 0.467. The zero-order valence-electron chi connectivity index (χ0n) is 11.9. The molecule has 0 aliphatic carbocycles. The van der Waals surface area contributed by atoms with E-state index in [-0.39, 0.29) is 23.5 Å². The lowest BCUT2D eigenvalue weighted by molar-refractivity contribution is -0.148. The largest absolute Gasteiger partial charge is 0.508 e. The van der Waals surface area contributed by atoms with Gasteiger partial charge in [-0.15, -0.1) is 11.8 Å². The number of carboxylic acid groups (broad SMARTS) is 1. The molecule has 1 fully saturated rings. The van der Waals surface area contributed by atoms with Gasteiger partial charge in [0.1, 0.15) is 11.8 Å². The molecule has 1 aliphatic heterocycles. The van der Waals surface area contributed by atoms with Gasteiger partial charge in [0.15, 0.2) is 0 Å². The molecule has 6 heteroatoms. The molecule has 1 aliphatic rings. The van der Waals surface area contributed by atoms with Gasteiger partial charge in [-0.25, -0.2) is 4.79 Å². The van der Waals surface area contributed by atoms with E-state index in [2.05, 4.69) is 0 Å². The Morgan fingerprint density at radius 2 is 2.19 bits per heavy atom. The van der Waals surface area contributed by atoms with E-state index in [4.69, 9.17) is 0 Å². The molecule has 5 nitrogen and oxygen atoms in total. The number of aromatic hydroxyl groups is 1. The average molecular weight is 309 g/mol. The molecule has 21 heavy (non-hydrogen) atoms. The number of hydrogen-bond acceptors (Lipinski definition) is 4. The van der Waals surface area contributed by atoms with Crippen molar-refractivity contribution in [3.8, 4) is 5.75 Å². The Labute approximate surface area is 128 Å². The molecule has 2 unspecified atom stereocenters. The number of aliphatic carboxylic acids is 1. The Hall–Kier alpha value is -1.69. The Morgan fingerprint density at radius 3 is 2.81 bits per heavy atom. The minimum Gasteiger partial charge on any atom is -0.508 e. The van der Waals surface area contributed by atoms with E-state index >= 15 is 0 Å². The van der Waals surface area contributed by atoms with Crippen molar-refractivity contribution >= 4 is 23.6 Å². The predicted molar refractivity (Wildman–Crippen MR) is 81.2 cm³/mol. The summed E-state index contributed by atoms with van der Waals surface area (Å²) in [6.45, 7) is 2.02. The molecule has 2 N–H and O–H groups in total. The molecule has 1 aromatic carbocycles. The highest BCUT2D eigenvalue weighted by Crippen LogP contribution is 2.33. The summed E-state index contributed by atoms with van der Waals surface area (Å²) in [5.41, 5.74) is 0.691. The molecule has 0 bridgehead atoms. The molecule has 1 amide bonds. The highest BCUT2D eigenvalue weighted by Gasteiger charge is 2.40. The van der Waals surface area contributed by atoms with Gasteiger partial charge in [0.2, 0.25) is 5.91 Å².